The molecule has 134 valence electrons. The summed E-state index contributed by atoms with van der Waals surface area (Å²) in [5.41, 5.74) is 0.201. The van der Waals surface area contributed by atoms with E-state index in [4.69, 9.17) is 9.47 Å². The van der Waals surface area contributed by atoms with Gasteiger partial charge >= 0.3 is 11.9 Å². The van der Waals surface area contributed by atoms with E-state index in [2.05, 4.69) is 5.32 Å². The third kappa shape index (κ3) is 4.68. The highest BCUT2D eigenvalue weighted by Gasteiger charge is 2.50. The molecule has 0 radical (unpaired) electrons. The van der Waals surface area contributed by atoms with Crippen LogP contribution in [0.25, 0.3) is 6.08 Å². The van der Waals surface area contributed by atoms with Crippen LogP contribution in [0.3, 0.4) is 0 Å². The second-order valence-electron chi connectivity index (χ2n) is 6.87. The van der Waals surface area contributed by atoms with Crippen LogP contribution in [0, 0.1) is 11.8 Å². The number of hydrogen-bond donors (Lipinski definition) is 1. The molecule has 1 amide bonds. The molecule has 0 aromatic heterocycles. The van der Waals surface area contributed by atoms with E-state index in [0.29, 0.717) is 0 Å². The van der Waals surface area contributed by atoms with Gasteiger partial charge in [0.15, 0.2) is 0 Å². The molecular weight excluding hydrogens is 322 g/mol. The van der Waals surface area contributed by atoms with Crippen LogP contribution in [0.15, 0.2) is 36.4 Å². The molecule has 0 bridgehead atoms. The van der Waals surface area contributed by atoms with Crippen molar-refractivity contribution in [3.63, 3.8) is 0 Å². The standard InChI is InChI=1S/C19H23NO5/c1-19(2,3)25-18(23)15-13(11-10-12-8-6-5-7-9-12)14(16(21)20-15)17(22)24-4/h5-11,13-15H,1-4H3,(H,20,21)/b11-10+/t13-,14-,15-/m1/s1. The molecule has 25 heavy (non-hydrogen) atoms. The van der Waals surface area contributed by atoms with Crippen LogP contribution in [0.4, 0.5) is 0 Å². The van der Waals surface area contributed by atoms with Crippen LogP contribution in [0.2, 0.25) is 0 Å². The Morgan fingerprint density at radius 3 is 2.32 bits per heavy atom. The third-order valence-electron chi connectivity index (χ3n) is 3.78. The third-order valence-corrected chi connectivity index (χ3v) is 3.78. The number of carbonyl (C=O) groups is 3. The zero-order valence-electron chi connectivity index (χ0n) is 14.8. The SMILES string of the molecule is COC(=O)[C@H]1C(=O)N[C@@H](C(=O)OC(C)(C)C)[C@@H]1/C=C/c1ccccc1. The summed E-state index contributed by atoms with van der Waals surface area (Å²) in [5.74, 6) is -3.55. The van der Waals surface area contributed by atoms with Crippen molar-refractivity contribution in [2.75, 3.05) is 7.11 Å². The lowest BCUT2D eigenvalue weighted by molar-refractivity contribution is -0.158. The Labute approximate surface area is 147 Å². The highest BCUT2D eigenvalue weighted by molar-refractivity contribution is 6.03. The molecule has 1 fully saturated rings. The maximum atomic E-state index is 12.5. The number of amides is 1. The summed E-state index contributed by atoms with van der Waals surface area (Å²) in [7, 11) is 1.22. The van der Waals surface area contributed by atoms with Gasteiger partial charge in [-0.15, -0.1) is 0 Å². The fourth-order valence-electron chi connectivity index (χ4n) is 2.69. The van der Waals surface area contributed by atoms with Crippen LogP contribution < -0.4 is 5.32 Å². The van der Waals surface area contributed by atoms with E-state index in [-0.39, 0.29) is 0 Å². The number of hydrogen-bond acceptors (Lipinski definition) is 5. The van der Waals surface area contributed by atoms with Crippen LogP contribution in [0.1, 0.15) is 26.3 Å². The summed E-state index contributed by atoms with van der Waals surface area (Å²) in [5, 5.41) is 2.56. The Balaban J connectivity index is 2.31. The van der Waals surface area contributed by atoms with Crippen molar-refractivity contribution in [3.8, 4) is 0 Å². The summed E-state index contributed by atoms with van der Waals surface area (Å²) >= 11 is 0. The van der Waals surface area contributed by atoms with Gasteiger partial charge in [0.05, 0.1) is 7.11 Å². The van der Waals surface area contributed by atoms with Gasteiger partial charge in [-0.3, -0.25) is 9.59 Å². The molecule has 1 aliphatic heterocycles. The fourth-order valence-corrected chi connectivity index (χ4v) is 2.69. The van der Waals surface area contributed by atoms with E-state index in [9.17, 15) is 14.4 Å². The van der Waals surface area contributed by atoms with Crippen molar-refractivity contribution in [2.24, 2.45) is 11.8 Å². The monoisotopic (exact) mass is 345 g/mol. The van der Waals surface area contributed by atoms with E-state index in [1.54, 1.807) is 32.9 Å². The first-order valence-electron chi connectivity index (χ1n) is 8.07. The summed E-state index contributed by atoms with van der Waals surface area (Å²) in [6.45, 7) is 5.23. The van der Waals surface area contributed by atoms with Gasteiger partial charge in [0.25, 0.3) is 0 Å². The average molecular weight is 345 g/mol. The second kappa shape index (κ2) is 7.51. The molecule has 2 rings (SSSR count). The van der Waals surface area contributed by atoms with Crippen molar-refractivity contribution in [1.82, 2.24) is 5.32 Å². The van der Waals surface area contributed by atoms with Gasteiger partial charge in [0.1, 0.15) is 17.6 Å². The number of ether oxygens (including phenoxy) is 2. The van der Waals surface area contributed by atoms with Crippen molar-refractivity contribution in [1.29, 1.82) is 0 Å². The van der Waals surface area contributed by atoms with Crippen molar-refractivity contribution < 1.29 is 23.9 Å². The smallest absolute Gasteiger partial charge is 0.329 e. The molecule has 1 aromatic carbocycles. The van der Waals surface area contributed by atoms with Gasteiger partial charge in [-0.2, -0.15) is 0 Å². The normalized spacial score (nSPS) is 23.4. The molecular formula is C19H23NO5. The highest BCUT2D eigenvalue weighted by atomic mass is 16.6. The number of esters is 2. The molecule has 6 heteroatoms. The first-order valence-corrected chi connectivity index (χ1v) is 8.07. The number of methoxy groups -OCH3 is 1. The molecule has 0 aliphatic carbocycles. The maximum Gasteiger partial charge on any atom is 0.329 e. The van der Waals surface area contributed by atoms with Crippen molar-refractivity contribution in [2.45, 2.75) is 32.4 Å². The lowest BCUT2D eigenvalue weighted by atomic mass is 9.89. The predicted molar refractivity (Wildman–Crippen MR) is 92.2 cm³/mol. The van der Waals surface area contributed by atoms with Gasteiger partial charge in [-0.25, -0.2) is 4.79 Å². The molecule has 6 nitrogen and oxygen atoms in total. The number of carbonyl (C=O) groups excluding carboxylic acids is 3. The summed E-state index contributed by atoms with van der Waals surface area (Å²) < 4.78 is 10.1. The zero-order chi connectivity index (χ0) is 18.6. The van der Waals surface area contributed by atoms with E-state index in [1.165, 1.54) is 7.11 Å². The topological polar surface area (TPSA) is 81.7 Å². The first-order chi connectivity index (χ1) is 11.7. The molecule has 0 saturated carbocycles. The van der Waals surface area contributed by atoms with Crippen LogP contribution >= 0.6 is 0 Å². The molecule has 1 aromatic rings. The number of benzene rings is 1. The molecule has 1 heterocycles. The Morgan fingerprint density at radius 1 is 1.12 bits per heavy atom. The highest BCUT2D eigenvalue weighted by Crippen LogP contribution is 2.29. The van der Waals surface area contributed by atoms with Crippen LogP contribution in [0.5, 0.6) is 0 Å². The zero-order valence-corrected chi connectivity index (χ0v) is 14.8. The largest absolute Gasteiger partial charge is 0.468 e. The minimum absolute atomic E-state index is 0.537. The number of nitrogens with one attached hydrogen (secondary N) is 1. The summed E-state index contributed by atoms with van der Waals surface area (Å²) in [4.78, 5) is 36.7. The van der Waals surface area contributed by atoms with Gasteiger partial charge in [0, 0.05) is 5.92 Å². The van der Waals surface area contributed by atoms with Gasteiger partial charge in [0.2, 0.25) is 5.91 Å². The van der Waals surface area contributed by atoms with Crippen LogP contribution in [-0.2, 0) is 23.9 Å². The lowest BCUT2D eigenvalue weighted by Gasteiger charge is -2.24. The fraction of sp³-hybridized carbons (Fsp3) is 0.421. The number of rotatable bonds is 4. The molecule has 3 atom stereocenters. The van der Waals surface area contributed by atoms with E-state index in [1.807, 2.05) is 30.3 Å². The molecule has 0 unspecified atom stereocenters. The van der Waals surface area contributed by atoms with E-state index >= 15 is 0 Å². The Hall–Kier alpha value is -2.63. The van der Waals surface area contributed by atoms with Gasteiger partial charge in [-0.1, -0.05) is 42.5 Å². The molecule has 1 N–H and O–H groups in total. The lowest BCUT2D eigenvalue weighted by Crippen LogP contribution is -2.41. The minimum atomic E-state index is -1.08. The molecule has 1 aliphatic rings. The van der Waals surface area contributed by atoms with Crippen molar-refractivity contribution in [3.05, 3.63) is 42.0 Å². The molecule has 0 spiro atoms. The van der Waals surface area contributed by atoms with Gasteiger partial charge in [-0.05, 0) is 26.3 Å². The summed E-state index contributed by atoms with van der Waals surface area (Å²) in [6.07, 6.45) is 3.46. The maximum absolute atomic E-state index is 12.5. The summed E-state index contributed by atoms with van der Waals surface area (Å²) in [6, 6.07) is 8.48. The average Bonchev–Trinajstić information content (AvgIpc) is 2.88. The van der Waals surface area contributed by atoms with E-state index < -0.39 is 41.3 Å². The second-order valence-corrected chi connectivity index (χ2v) is 6.87. The minimum Gasteiger partial charge on any atom is -0.468 e. The Bertz CT molecular complexity index is 675. The van der Waals surface area contributed by atoms with E-state index in [0.717, 1.165) is 5.56 Å². The Morgan fingerprint density at radius 2 is 1.76 bits per heavy atom. The van der Waals surface area contributed by atoms with Crippen LogP contribution in [-0.4, -0.2) is 36.6 Å². The van der Waals surface area contributed by atoms with Crippen molar-refractivity contribution >= 4 is 23.9 Å². The quantitative estimate of drug-likeness (QED) is 0.666. The Kier molecular flexibility index (Phi) is 5.62. The van der Waals surface area contributed by atoms with Gasteiger partial charge < -0.3 is 14.8 Å². The first kappa shape index (κ1) is 18.7. The predicted octanol–water partition coefficient (Wildman–Crippen LogP) is 1.95. The molecule has 1 saturated heterocycles.